The van der Waals surface area contributed by atoms with Gasteiger partial charge < -0.3 is 14.6 Å². The van der Waals surface area contributed by atoms with E-state index in [4.69, 9.17) is 21.1 Å². The molecule has 0 radical (unpaired) electrons. The van der Waals surface area contributed by atoms with Gasteiger partial charge in [-0.3, -0.25) is 4.90 Å². The lowest BCUT2D eigenvalue weighted by molar-refractivity contribution is 0.0943. The highest BCUT2D eigenvalue weighted by Gasteiger charge is 2.21. The summed E-state index contributed by atoms with van der Waals surface area (Å²) in [5.74, 6) is 1.71. The molecule has 1 aliphatic heterocycles. The maximum absolute atomic E-state index is 9.49. The molecule has 2 aromatic carbocycles. The van der Waals surface area contributed by atoms with Gasteiger partial charge in [-0.2, -0.15) is 0 Å². The molecule has 0 saturated carbocycles. The van der Waals surface area contributed by atoms with Crippen molar-refractivity contribution in [1.82, 2.24) is 4.90 Å². The van der Waals surface area contributed by atoms with E-state index in [0.717, 1.165) is 49.5 Å². The topological polar surface area (TPSA) is 41.9 Å². The molecule has 0 aromatic heterocycles. The number of nitrogens with zero attached hydrogens (tertiary/aromatic N) is 1. The Morgan fingerprint density at radius 2 is 1.83 bits per heavy atom. The first kappa shape index (κ1) is 16.9. The van der Waals surface area contributed by atoms with E-state index in [-0.39, 0.29) is 11.9 Å². The third-order valence-electron chi connectivity index (χ3n) is 4.32. The van der Waals surface area contributed by atoms with Crippen LogP contribution in [-0.4, -0.2) is 36.3 Å². The number of hydrogen-bond donors (Lipinski definition) is 1. The molecule has 3 rings (SSSR count). The first-order valence-electron chi connectivity index (χ1n) is 8.15. The van der Waals surface area contributed by atoms with Gasteiger partial charge in [0.2, 0.25) is 0 Å². The molecule has 1 saturated heterocycles. The first-order chi connectivity index (χ1) is 11.7. The molecule has 5 heteroatoms. The second-order valence-corrected chi connectivity index (χ2v) is 6.44. The van der Waals surface area contributed by atoms with Crippen molar-refractivity contribution in [2.24, 2.45) is 0 Å². The molecule has 0 bridgehead atoms. The van der Waals surface area contributed by atoms with Gasteiger partial charge in [0.05, 0.1) is 12.1 Å². The Morgan fingerprint density at radius 1 is 1.12 bits per heavy atom. The first-order valence-corrected chi connectivity index (χ1v) is 8.53. The van der Waals surface area contributed by atoms with Crippen LogP contribution >= 0.6 is 11.6 Å². The number of likely N-dealkylation sites (tertiary alicyclic amines) is 1. The van der Waals surface area contributed by atoms with E-state index in [0.29, 0.717) is 5.02 Å². The van der Waals surface area contributed by atoms with Gasteiger partial charge in [0.15, 0.2) is 11.5 Å². The summed E-state index contributed by atoms with van der Waals surface area (Å²) in [6.45, 7) is 2.78. The smallest absolute Gasteiger partial charge is 0.161 e. The predicted molar refractivity (Wildman–Crippen MR) is 95.0 cm³/mol. The number of halogens is 1. The largest absolute Gasteiger partial charge is 0.506 e. The summed E-state index contributed by atoms with van der Waals surface area (Å²) in [6, 6.07) is 13.2. The van der Waals surface area contributed by atoms with Crippen LogP contribution in [-0.2, 0) is 6.54 Å². The Kier molecular flexibility index (Phi) is 5.48. The Hall–Kier alpha value is -1.91. The molecule has 0 unspecified atom stereocenters. The number of para-hydroxylation sites is 2. The number of hydrogen-bond acceptors (Lipinski definition) is 4. The Labute approximate surface area is 147 Å². The summed E-state index contributed by atoms with van der Waals surface area (Å²) in [5.41, 5.74) is 1.11. The van der Waals surface area contributed by atoms with Gasteiger partial charge in [-0.15, -0.1) is 0 Å². The predicted octanol–water partition coefficient (Wildman–Crippen LogP) is 4.10. The Morgan fingerprint density at radius 3 is 2.50 bits per heavy atom. The third-order valence-corrected chi connectivity index (χ3v) is 4.62. The zero-order valence-electron chi connectivity index (χ0n) is 13.7. The maximum Gasteiger partial charge on any atom is 0.161 e. The van der Waals surface area contributed by atoms with Crippen molar-refractivity contribution in [2.75, 3.05) is 20.2 Å². The van der Waals surface area contributed by atoms with Gasteiger partial charge in [-0.1, -0.05) is 29.8 Å². The lowest BCUT2D eigenvalue weighted by Gasteiger charge is -2.32. The number of ether oxygens (including phenoxy) is 2. The maximum atomic E-state index is 9.49. The normalized spacial score (nSPS) is 16.1. The number of phenolic OH excluding ortho intramolecular Hbond substituents is 1. The molecule has 24 heavy (non-hydrogen) atoms. The van der Waals surface area contributed by atoms with E-state index in [1.165, 1.54) is 0 Å². The summed E-state index contributed by atoms with van der Waals surface area (Å²) >= 11 is 5.97. The van der Waals surface area contributed by atoms with E-state index >= 15 is 0 Å². The molecular weight excluding hydrogens is 326 g/mol. The van der Waals surface area contributed by atoms with Crippen molar-refractivity contribution < 1.29 is 14.6 Å². The van der Waals surface area contributed by atoms with E-state index in [1.54, 1.807) is 13.2 Å². The van der Waals surface area contributed by atoms with Gasteiger partial charge in [-0.05, 0) is 42.7 Å². The van der Waals surface area contributed by atoms with Crippen LogP contribution in [0.15, 0.2) is 42.5 Å². The Balaban J connectivity index is 1.53. The van der Waals surface area contributed by atoms with Crippen LogP contribution in [0.25, 0.3) is 0 Å². The minimum Gasteiger partial charge on any atom is -0.506 e. The molecule has 0 spiro atoms. The SMILES string of the molecule is COc1ccccc1OC1CCN(Cc2ccc(O)c(Cl)c2)CC1. The van der Waals surface area contributed by atoms with Crippen molar-refractivity contribution in [3.05, 3.63) is 53.1 Å². The van der Waals surface area contributed by atoms with Crippen molar-refractivity contribution in [1.29, 1.82) is 0 Å². The molecule has 1 aliphatic rings. The summed E-state index contributed by atoms with van der Waals surface area (Å²) in [4.78, 5) is 2.38. The second kappa shape index (κ2) is 7.77. The van der Waals surface area contributed by atoms with Crippen LogP contribution in [0.1, 0.15) is 18.4 Å². The zero-order valence-corrected chi connectivity index (χ0v) is 14.5. The molecule has 2 aromatic rings. The number of phenols is 1. The van der Waals surface area contributed by atoms with E-state index < -0.39 is 0 Å². The van der Waals surface area contributed by atoms with Crippen molar-refractivity contribution in [3.8, 4) is 17.2 Å². The van der Waals surface area contributed by atoms with Gasteiger partial charge in [0, 0.05) is 19.6 Å². The van der Waals surface area contributed by atoms with Crippen molar-refractivity contribution in [2.45, 2.75) is 25.5 Å². The highest BCUT2D eigenvalue weighted by Crippen LogP contribution is 2.29. The lowest BCUT2D eigenvalue weighted by atomic mass is 10.1. The number of benzene rings is 2. The summed E-state index contributed by atoms with van der Waals surface area (Å²) in [7, 11) is 1.66. The molecule has 1 fully saturated rings. The van der Waals surface area contributed by atoms with Crippen LogP contribution in [0, 0.1) is 0 Å². The van der Waals surface area contributed by atoms with Crippen LogP contribution in [0.5, 0.6) is 17.2 Å². The van der Waals surface area contributed by atoms with E-state index in [1.807, 2.05) is 36.4 Å². The fourth-order valence-electron chi connectivity index (χ4n) is 2.99. The zero-order chi connectivity index (χ0) is 16.9. The molecule has 4 nitrogen and oxygen atoms in total. The number of methoxy groups -OCH3 is 1. The van der Waals surface area contributed by atoms with Crippen LogP contribution < -0.4 is 9.47 Å². The monoisotopic (exact) mass is 347 g/mol. The highest BCUT2D eigenvalue weighted by atomic mass is 35.5. The quantitative estimate of drug-likeness (QED) is 0.884. The average Bonchev–Trinajstić information content (AvgIpc) is 2.60. The van der Waals surface area contributed by atoms with E-state index in [2.05, 4.69) is 4.90 Å². The number of rotatable bonds is 5. The minimum atomic E-state index is 0.129. The van der Waals surface area contributed by atoms with Gasteiger partial charge in [0.1, 0.15) is 11.9 Å². The fraction of sp³-hybridized carbons (Fsp3) is 0.368. The average molecular weight is 348 g/mol. The molecule has 0 aliphatic carbocycles. The summed E-state index contributed by atoms with van der Waals surface area (Å²) in [6.07, 6.45) is 2.16. The third kappa shape index (κ3) is 4.13. The Bertz CT molecular complexity index is 684. The number of aromatic hydroxyl groups is 1. The van der Waals surface area contributed by atoms with E-state index in [9.17, 15) is 5.11 Å². The molecule has 0 amide bonds. The molecule has 1 N–H and O–H groups in total. The van der Waals surface area contributed by atoms with Crippen LogP contribution in [0.3, 0.4) is 0 Å². The molecule has 1 heterocycles. The van der Waals surface area contributed by atoms with Crippen molar-refractivity contribution in [3.63, 3.8) is 0 Å². The molecule has 0 atom stereocenters. The lowest BCUT2D eigenvalue weighted by Crippen LogP contribution is -2.37. The number of piperidine rings is 1. The molecular formula is C19H22ClNO3. The standard InChI is InChI=1S/C19H22ClNO3/c1-23-18-4-2-3-5-19(18)24-15-8-10-21(11-9-15)13-14-6-7-17(22)16(20)12-14/h2-7,12,15,22H,8-11,13H2,1H3. The summed E-state index contributed by atoms with van der Waals surface area (Å²) < 4.78 is 11.4. The van der Waals surface area contributed by atoms with Gasteiger partial charge >= 0.3 is 0 Å². The fourth-order valence-corrected chi connectivity index (χ4v) is 3.19. The van der Waals surface area contributed by atoms with Gasteiger partial charge in [0.25, 0.3) is 0 Å². The van der Waals surface area contributed by atoms with Crippen LogP contribution in [0.2, 0.25) is 5.02 Å². The van der Waals surface area contributed by atoms with Crippen LogP contribution in [0.4, 0.5) is 0 Å². The summed E-state index contributed by atoms with van der Waals surface area (Å²) in [5, 5.41) is 9.90. The van der Waals surface area contributed by atoms with Gasteiger partial charge in [-0.25, -0.2) is 0 Å². The molecule has 128 valence electrons. The van der Waals surface area contributed by atoms with Crippen molar-refractivity contribution >= 4 is 11.6 Å². The minimum absolute atomic E-state index is 0.129. The highest BCUT2D eigenvalue weighted by molar-refractivity contribution is 6.32. The second-order valence-electron chi connectivity index (χ2n) is 6.03.